The van der Waals surface area contributed by atoms with E-state index in [1.165, 1.54) is 6.92 Å². The van der Waals surface area contributed by atoms with Crippen LogP contribution < -0.4 is 16.0 Å². The highest BCUT2D eigenvalue weighted by molar-refractivity contribution is 9.10. The predicted molar refractivity (Wildman–Crippen MR) is 108 cm³/mol. The first-order chi connectivity index (χ1) is 12.8. The normalized spacial score (nSPS) is 11.4. The van der Waals surface area contributed by atoms with Gasteiger partial charge in [0, 0.05) is 17.1 Å². The zero-order valence-corrected chi connectivity index (χ0v) is 16.8. The summed E-state index contributed by atoms with van der Waals surface area (Å²) < 4.78 is 0.957. The summed E-state index contributed by atoms with van der Waals surface area (Å²) >= 11 is 3.40. The molecule has 6 nitrogen and oxygen atoms in total. The highest BCUT2D eigenvalue weighted by Gasteiger charge is 2.17. The molecule has 1 atom stereocenters. The van der Waals surface area contributed by atoms with Crippen LogP contribution in [0.1, 0.15) is 30.5 Å². The number of benzene rings is 2. The van der Waals surface area contributed by atoms with E-state index in [0.29, 0.717) is 5.69 Å². The number of anilines is 1. The number of halogens is 1. The third-order valence-electron chi connectivity index (χ3n) is 3.86. The average Bonchev–Trinajstić information content (AvgIpc) is 2.63. The highest BCUT2D eigenvalue weighted by Crippen LogP contribution is 2.20. The van der Waals surface area contributed by atoms with Gasteiger partial charge in [0.2, 0.25) is 17.7 Å². The number of carbonyl (C=O) groups is 3. The molecule has 142 valence electrons. The van der Waals surface area contributed by atoms with Gasteiger partial charge in [-0.15, -0.1) is 0 Å². The number of aryl methyl sites for hydroxylation is 1. The smallest absolute Gasteiger partial charge is 0.243 e. The maximum atomic E-state index is 12.2. The molecule has 0 aliphatic carbocycles. The minimum absolute atomic E-state index is 0.0499. The van der Waals surface area contributed by atoms with E-state index in [2.05, 4.69) is 31.9 Å². The largest absolute Gasteiger partial charge is 0.349 e. The van der Waals surface area contributed by atoms with Gasteiger partial charge in [0.15, 0.2) is 0 Å². The lowest BCUT2D eigenvalue weighted by Gasteiger charge is -2.18. The first kappa shape index (κ1) is 20.6. The average molecular weight is 432 g/mol. The Morgan fingerprint density at radius 1 is 1.04 bits per heavy atom. The van der Waals surface area contributed by atoms with Gasteiger partial charge in [-0.3, -0.25) is 14.4 Å². The Morgan fingerprint density at radius 3 is 2.37 bits per heavy atom. The molecule has 0 aliphatic heterocycles. The summed E-state index contributed by atoms with van der Waals surface area (Å²) in [7, 11) is 0. The first-order valence-electron chi connectivity index (χ1n) is 8.50. The van der Waals surface area contributed by atoms with Gasteiger partial charge in [0.05, 0.1) is 19.0 Å². The van der Waals surface area contributed by atoms with Crippen LogP contribution in [0.3, 0.4) is 0 Å². The van der Waals surface area contributed by atoms with Gasteiger partial charge in [-0.2, -0.15) is 0 Å². The molecule has 27 heavy (non-hydrogen) atoms. The molecule has 0 aliphatic rings. The van der Waals surface area contributed by atoms with Gasteiger partial charge in [-0.1, -0.05) is 46.3 Å². The second kappa shape index (κ2) is 9.87. The fourth-order valence-electron chi connectivity index (χ4n) is 2.55. The molecular weight excluding hydrogens is 410 g/mol. The third-order valence-corrected chi connectivity index (χ3v) is 4.75. The molecule has 0 bridgehead atoms. The van der Waals surface area contributed by atoms with E-state index in [9.17, 15) is 14.4 Å². The Kier molecular flexibility index (Phi) is 7.55. The molecule has 0 radical (unpaired) electrons. The molecule has 0 fully saturated rings. The van der Waals surface area contributed by atoms with E-state index in [1.807, 2.05) is 49.4 Å². The van der Waals surface area contributed by atoms with Crippen molar-refractivity contribution in [1.82, 2.24) is 10.6 Å². The van der Waals surface area contributed by atoms with Crippen molar-refractivity contribution in [1.29, 1.82) is 0 Å². The molecule has 0 heterocycles. The van der Waals surface area contributed by atoms with Crippen molar-refractivity contribution in [2.24, 2.45) is 0 Å². The predicted octanol–water partition coefficient (Wildman–Crippen LogP) is 3.08. The van der Waals surface area contributed by atoms with Crippen LogP contribution in [0.5, 0.6) is 0 Å². The van der Waals surface area contributed by atoms with Gasteiger partial charge in [0.1, 0.15) is 0 Å². The van der Waals surface area contributed by atoms with Crippen LogP contribution >= 0.6 is 15.9 Å². The van der Waals surface area contributed by atoms with Crippen LogP contribution in [0.15, 0.2) is 53.0 Å². The van der Waals surface area contributed by atoms with E-state index in [0.717, 1.165) is 15.6 Å². The van der Waals surface area contributed by atoms with Crippen molar-refractivity contribution >= 4 is 39.3 Å². The topological polar surface area (TPSA) is 87.3 Å². The van der Waals surface area contributed by atoms with Gasteiger partial charge in [-0.25, -0.2) is 0 Å². The lowest BCUT2D eigenvalue weighted by atomic mass is 10.0. The number of rotatable bonds is 7. The molecule has 2 aromatic rings. The third kappa shape index (κ3) is 6.86. The Bertz CT molecular complexity index is 824. The first-order valence-corrected chi connectivity index (χ1v) is 9.29. The molecule has 7 heteroatoms. The zero-order chi connectivity index (χ0) is 19.8. The van der Waals surface area contributed by atoms with Gasteiger partial charge < -0.3 is 16.0 Å². The summed E-state index contributed by atoms with van der Waals surface area (Å²) in [6.45, 7) is 3.18. The number of hydrogen-bond acceptors (Lipinski definition) is 3. The van der Waals surface area contributed by atoms with E-state index in [-0.39, 0.29) is 30.7 Å². The van der Waals surface area contributed by atoms with E-state index >= 15 is 0 Å². The number of amides is 3. The van der Waals surface area contributed by atoms with Crippen LogP contribution in [0.4, 0.5) is 5.69 Å². The highest BCUT2D eigenvalue weighted by atomic mass is 79.9. The molecule has 2 aromatic carbocycles. The standard InChI is InChI=1S/C20H22BrN3O3/c1-13-10-16(8-9-17(13)21)24-20(27)12-22-19(26)11-18(23-14(2)25)15-6-4-3-5-7-15/h3-10,18H,11-12H2,1-2H3,(H,22,26)(H,23,25)(H,24,27). The number of carbonyl (C=O) groups excluding carboxylic acids is 3. The van der Waals surface area contributed by atoms with Gasteiger partial charge in [-0.05, 0) is 36.2 Å². The molecule has 1 unspecified atom stereocenters. The fourth-order valence-corrected chi connectivity index (χ4v) is 2.79. The molecule has 3 N–H and O–H groups in total. The second-order valence-corrected chi connectivity index (χ2v) is 7.01. The van der Waals surface area contributed by atoms with Crippen molar-refractivity contribution in [3.8, 4) is 0 Å². The van der Waals surface area contributed by atoms with Crippen molar-refractivity contribution < 1.29 is 14.4 Å². The van der Waals surface area contributed by atoms with Crippen molar-refractivity contribution in [2.45, 2.75) is 26.3 Å². The zero-order valence-electron chi connectivity index (χ0n) is 15.2. The van der Waals surface area contributed by atoms with Crippen molar-refractivity contribution in [3.63, 3.8) is 0 Å². The SMILES string of the molecule is CC(=O)NC(CC(=O)NCC(=O)Nc1ccc(Br)c(C)c1)c1ccccc1. The molecule has 0 saturated heterocycles. The second-order valence-electron chi connectivity index (χ2n) is 6.16. The van der Waals surface area contributed by atoms with Crippen LogP contribution in [0.2, 0.25) is 0 Å². The molecule has 3 amide bonds. The van der Waals surface area contributed by atoms with Crippen LogP contribution in [-0.4, -0.2) is 24.3 Å². The van der Waals surface area contributed by atoms with Crippen LogP contribution in [0, 0.1) is 6.92 Å². The summed E-state index contributed by atoms with van der Waals surface area (Å²) in [5.41, 5.74) is 2.49. The van der Waals surface area contributed by atoms with Crippen LogP contribution in [0.25, 0.3) is 0 Å². The summed E-state index contributed by atoms with van der Waals surface area (Å²) in [5.74, 6) is -0.861. The summed E-state index contributed by atoms with van der Waals surface area (Å²) in [4.78, 5) is 35.7. The number of hydrogen-bond donors (Lipinski definition) is 3. The van der Waals surface area contributed by atoms with E-state index in [4.69, 9.17) is 0 Å². The Balaban J connectivity index is 1.88. The van der Waals surface area contributed by atoms with Crippen LogP contribution in [-0.2, 0) is 14.4 Å². The lowest BCUT2D eigenvalue weighted by Crippen LogP contribution is -2.36. The Morgan fingerprint density at radius 2 is 1.74 bits per heavy atom. The van der Waals surface area contributed by atoms with Gasteiger partial charge in [0.25, 0.3) is 0 Å². The molecule has 0 aromatic heterocycles. The van der Waals surface area contributed by atoms with E-state index < -0.39 is 6.04 Å². The fraction of sp³-hybridized carbons (Fsp3) is 0.250. The van der Waals surface area contributed by atoms with Gasteiger partial charge >= 0.3 is 0 Å². The number of nitrogens with one attached hydrogen (secondary N) is 3. The molecular formula is C20H22BrN3O3. The van der Waals surface area contributed by atoms with Crippen molar-refractivity contribution in [2.75, 3.05) is 11.9 Å². The summed E-state index contributed by atoms with van der Waals surface area (Å²) in [5, 5.41) is 8.09. The maximum absolute atomic E-state index is 12.2. The quantitative estimate of drug-likeness (QED) is 0.629. The lowest BCUT2D eigenvalue weighted by molar-refractivity contribution is -0.125. The maximum Gasteiger partial charge on any atom is 0.243 e. The molecule has 0 spiro atoms. The molecule has 0 saturated carbocycles. The monoisotopic (exact) mass is 431 g/mol. The molecule has 2 rings (SSSR count). The van der Waals surface area contributed by atoms with Crippen molar-refractivity contribution in [3.05, 3.63) is 64.1 Å². The Hall–Kier alpha value is -2.67. The minimum Gasteiger partial charge on any atom is -0.349 e. The van der Waals surface area contributed by atoms with E-state index in [1.54, 1.807) is 6.07 Å². The Labute approximate surface area is 166 Å². The summed E-state index contributed by atoms with van der Waals surface area (Å²) in [6, 6.07) is 14.3. The summed E-state index contributed by atoms with van der Waals surface area (Å²) in [6.07, 6.45) is 0.0499. The minimum atomic E-state index is -0.444.